The van der Waals surface area contributed by atoms with E-state index >= 15 is 0 Å². The van der Waals surface area contributed by atoms with E-state index in [1.807, 2.05) is 31.2 Å². The van der Waals surface area contributed by atoms with Crippen molar-refractivity contribution < 1.29 is 0 Å². The van der Waals surface area contributed by atoms with Gasteiger partial charge in [0.05, 0.1) is 20.9 Å². The molecule has 2 aromatic heterocycles. The van der Waals surface area contributed by atoms with Crippen LogP contribution in [0.3, 0.4) is 0 Å². The van der Waals surface area contributed by atoms with Crippen molar-refractivity contribution in [1.82, 2.24) is 15.0 Å². The topological polar surface area (TPSA) is 64.7 Å². The van der Waals surface area contributed by atoms with Gasteiger partial charge in [-0.1, -0.05) is 12.1 Å². The molecule has 3 aromatic rings. The summed E-state index contributed by atoms with van der Waals surface area (Å²) in [7, 11) is 0. The first kappa shape index (κ1) is 11.1. The predicted molar refractivity (Wildman–Crippen MR) is 73.6 cm³/mol. The normalized spacial score (nSPS) is 10.9. The van der Waals surface area contributed by atoms with Crippen molar-refractivity contribution in [3.8, 4) is 0 Å². The van der Waals surface area contributed by atoms with Crippen LogP contribution in [0.4, 0.5) is 5.95 Å². The number of rotatable bonds is 2. The monoisotopic (exact) mass is 256 g/mol. The third-order valence-electron chi connectivity index (χ3n) is 2.60. The molecule has 0 spiro atoms. The molecule has 2 heterocycles. The lowest BCUT2D eigenvalue weighted by molar-refractivity contribution is 1.00. The van der Waals surface area contributed by atoms with Gasteiger partial charge in [0, 0.05) is 12.1 Å². The number of hydrogen-bond donors (Lipinski definition) is 1. The Morgan fingerprint density at radius 1 is 1.17 bits per heavy atom. The molecule has 1 aromatic carbocycles. The van der Waals surface area contributed by atoms with Gasteiger partial charge in [-0.2, -0.15) is 0 Å². The zero-order valence-electron chi connectivity index (χ0n) is 9.92. The molecule has 0 saturated carbocycles. The lowest BCUT2D eigenvalue weighted by Gasteiger charge is -2.00. The van der Waals surface area contributed by atoms with Crippen LogP contribution >= 0.6 is 11.3 Å². The molecule has 3 rings (SSSR count). The van der Waals surface area contributed by atoms with E-state index < -0.39 is 0 Å². The zero-order chi connectivity index (χ0) is 12.5. The zero-order valence-corrected chi connectivity index (χ0v) is 10.7. The summed E-state index contributed by atoms with van der Waals surface area (Å²) in [6.07, 6.45) is 0.701. The third kappa shape index (κ3) is 2.17. The molecule has 2 N–H and O–H groups in total. The highest BCUT2D eigenvalue weighted by molar-refractivity contribution is 7.18. The second-order valence-electron chi connectivity index (χ2n) is 4.11. The van der Waals surface area contributed by atoms with Crippen molar-refractivity contribution in [3.63, 3.8) is 0 Å². The molecule has 5 heteroatoms. The number of nitrogens with zero attached hydrogens (tertiary/aromatic N) is 3. The number of anilines is 1. The fraction of sp³-hybridized carbons (Fsp3) is 0.154. The van der Waals surface area contributed by atoms with Crippen LogP contribution in [0.15, 0.2) is 30.3 Å². The first-order chi connectivity index (χ1) is 8.70. The van der Waals surface area contributed by atoms with Crippen LogP contribution in [-0.4, -0.2) is 15.0 Å². The van der Waals surface area contributed by atoms with E-state index in [9.17, 15) is 0 Å². The van der Waals surface area contributed by atoms with Crippen LogP contribution in [0.5, 0.6) is 0 Å². The van der Waals surface area contributed by atoms with Gasteiger partial charge in [0.1, 0.15) is 0 Å². The first-order valence-electron chi connectivity index (χ1n) is 5.65. The Labute approximate surface area is 109 Å². The summed E-state index contributed by atoms with van der Waals surface area (Å²) >= 11 is 1.69. The number of para-hydroxylation sites is 1. The molecule has 0 aliphatic rings. The molecule has 0 atom stereocenters. The molecule has 0 aliphatic heterocycles. The molecule has 0 amide bonds. The van der Waals surface area contributed by atoms with Crippen molar-refractivity contribution in [2.24, 2.45) is 0 Å². The average molecular weight is 256 g/mol. The summed E-state index contributed by atoms with van der Waals surface area (Å²) in [6, 6.07) is 10.1. The van der Waals surface area contributed by atoms with Crippen LogP contribution < -0.4 is 5.73 Å². The van der Waals surface area contributed by atoms with Gasteiger partial charge in [-0.25, -0.2) is 15.0 Å². The van der Waals surface area contributed by atoms with Gasteiger partial charge in [0.25, 0.3) is 0 Å². The summed E-state index contributed by atoms with van der Waals surface area (Å²) in [5.74, 6) is 0.325. The Bertz CT molecular complexity index is 652. The van der Waals surface area contributed by atoms with E-state index in [1.165, 1.54) is 4.70 Å². The van der Waals surface area contributed by atoms with E-state index in [0.29, 0.717) is 12.4 Å². The molecule has 0 fully saturated rings. The minimum Gasteiger partial charge on any atom is -0.368 e. The highest BCUT2D eigenvalue weighted by atomic mass is 32.1. The number of hydrogen-bond acceptors (Lipinski definition) is 5. The Morgan fingerprint density at radius 3 is 2.78 bits per heavy atom. The van der Waals surface area contributed by atoms with Gasteiger partial charge < -0.3 is 5.73 Å². The number of nitrogens with two attached hydrogens (primary N) is 1. The fourth-order valence-electron chi connectivity index (χ4n) is 1.90. The second-order valence-corrected chi connectivity index (χ2v) is 5.23. The maximum Gasteiger partial charge on any atom is 0.220 e. The van der Waals surface area contributed by atoms with Gasteiger partial charge >= 0.3 is 0 Å². The maximum absolute atomic E-state index is 5.65. The highest BCUT2D eigenvalue weighted by Gasteiger charge is 2.06. The van der Waals surface area contributed by atoms with Crippen LogP contribution in [0, 0.1) is 6.92 Å². The summed E-state index contributed by atoms with van der Waals surface area (Å²) in [5, 5.41) is 1.05. The molecule has 0 radical (unpaired) electrons. The first-order valence-corrected chi connectivity index (χ1v) is 6.47. The average Bonchev–Trinajstić information content (AvgIpc) is 2.69. The number of aryl methyl sites for hydroxylation is 1. The molecule has 90 valence electrons. The molecular weight excluding hydrogens is 244 g/mol. The molecule has 4 nitrogen and oxygen atoms in total. The second kappa shape index (κ2) is 4.34. The SMILES string of the molecule is Cc1cc(Cc2nc3ccccc3s2)nc(N)n1. The Kier molecular flexibility index (Phi) is 2.68. The van der Waals surface area contributed by atoms with E-state index in [1.54, 1.807) is 11.3 Å². The van der Waals surface area contributed by atoms with E-state index in [4.69, 9.17) is 5.73 Å². The largest absolute Gasteiger partial charge is 0.368 e. The van der Waals surface area contributed by atoms with Gasteiger partial charge in [0.15, 0.2) is 0 Å². The third-order valence-corrected chi connectivity index (χ3v) is 3.63. The Balaban J connectivity index is 1.96. The summed E-state index contributed by atoms with van der Waals surface area (Å²) < 4.78 is 1.20. The minimum atomic E-state index is 0.325. The Hall–Kier alpha value is -2.01. The van der Waals surface area contributed by atoms with Crippen molar-refractivity contribution >= 4 is 27.5 Å². The van der Waals surface area contributed by atoms with E-state index in [0.717, 1.165) is 21.9 Å². The molecule has 0 aliphatic carbocycles. The van der Waals surface area contributed by atoms with Crippen molar-refractivity contribution in [3.05, 3.63) is 46.7 Å². The van der Waals surface area contributed by atoms with Gasteiger partial charge in [-0.05, 0) is 25.1 Å². The molecule has 18 heavy (non-hydrogen) atoms. The molecular formula is C13H12N4S. The van der Waals surface area contributed by atoms with Crippen LogP contribution in [0.2, 0.25) is 0 Å². The van der Waals surface area contributed by atoms with Crippen molar-refractivity contribution in [2.75, 3.05) is 5.73 Å². The lowest BCUT2D eigenvalue weighted by atomic mass is 10.2. The van der Waals surface area contributed by atoms with Crippen LogP contribution in [0.25, 0.3) is 10.2 Å². The maximum atomic E-state index is 5.65. The number of fused-ring (bicyclic) bond motifs is 1. The lowest BCUT2D eigenvalue weighted by Crippen LogP contribution is -2.01. The number of benzene rings is 1. The standard InChI is InChI=1S/C13H12N4S/c1-8-6-9(16-13(14)15-8)7-12-17-10-4-2-3-5-11(10)18-12/h2-6H,7H2,1H3,(H2,14,15,16). The van der Waals surface area contributed by atoms with Gasteiger partial charge in [0.2, 0.25) is 5.95 Å². The summed E-state index contributed by atoms with van der Waals surface area (Å²) in [5.41, 5.74) is 8.49. The van der Waals surface area contributed by atoms with E-state index in [2.05, 4.69) is 21.0 Å². The van der Waals surface area contributed by atoms with Crippen molar-refractivity contribution in [1.29, 1.82) is 0 Å². The van der Waals surface area contributed by atoms with E-state index in [-0.39, 0.29) is 0 Å². The van der Waals surface area contributed by atoms with Gasteiger partial charge in [-0.3, -0.25) is 0 Å². The molecule has 0 bridgehead atoms. The fourth-order valence-corrected chi connectivity index (χ4v) is 2.88. The number of aromatic nitrogens is 3. The molecule has 0 saturated heterocycles. The number of thiazole rings is 1. The predicted octanol–water partition coefficient (Wildman–Crippen LogP) is 2.57. The van der Waals surface area contributed by atoms with Gasteiger partial charge in [-0.15, -0.1) is 11.3 Å². The minimum absolute atomic E-state index is 0.325. The Morgan fingerprint density at radius 2 is 2.00 bits per heavy atom. The number of nitrogen functional groups attached to an aromatic ring is 1. The quantitative estimate of drug-likeness (QED) is 0.765. The smallest absolute Gasteiger partial charge is 0.220 e. The summed E-state index contributed by atoms with van der Waals surface area (Å²) in [4.78, 5) is 12.9. The highest BCUT2D eigenvalue weighted by Crippen LogP contribution is 2.23. The van der Waals surface area contributed by atoms with Crippen LogP contribution in [-0.2, 0) is 6.42 Å². The summed E-state index contributed by atoms with van der Waals surface area (Å²) in [6.45, 7) is 1.92. The van der Waals surface area contributed by atoms with Crippen LogP contribution in [0.1, 0.15) is 16.4 Å². The molecule has 0 unspecified atom stereocenters. The van der Waals surface area contributed by atoms with Crippen molar-refractivity contribution in [2.45, 2.75) is 13.3 Å².